The van der Waals surface area contributed by atoms with Crippen molar-refractivity contribution in [3.8, 4) is 5.75 Å². The van der Waals surface area contributed by atoms with Crippen LogP contribution in [0.1, 0.15) is 63.2 Å². The number of ether oxygens (including phenoxy) is 1. The Bertz CT molecular complexity index is 1160. The van der Waals surface area contributed by atoms with Crippen LogP contribution in [0.25, 0.3) is 0 Å². The van der Waals surface area contributed by atoms with Crippen molar-refractivity contribution in [2.75, 3.05) is 20.2 Å². The first-order valence-corrected chi connectivity index (χ1v) is 11.4. The number of likely N-dealkylation sites (tertiary alicyclic amines) is 1. The molecule has 2 N–H and O–H groups in total. The Labute approximate surface area is 194 Å². The average Bonchev–Trinajstić information content (AvgIpc) is 3.10. The van der Waals surface area contributed by atoms with Crippen LogP contribution in [0.3, 0.4) is 0 Å². The molecule has 0 bridgehead atoms. The second kappa shape index (κ2) is 9.70. The SMILES string of the molecule is COc1ccc(CN2CCC[C@@H](c3ncc(C(N)=O)c(C)n3)C2)cc1Cn1nc(C)cc1C. The van der Waals surface area contributed by atoms with Gasteiger partial charge in [-0.05, 0) is 63.9 Å². The minimum absolute atomic E-state index is 0.242. The Morgan fingerprint density at radius 1 is 1.21 bits per heavy atom. The molecule has 3 heterocycles. The molecule has 0 radical (unpaired) electrons. The van der Waals surface area contributed by atoms with Crippen molar-refractivity contribution in [1.82, 2.24) is 24.6 Å². The number of rotatable bonds is 7. The van der Waals surface area contributed by atoms with Crippen LogP contribution in [0.15, 0.2) is 30.5 Å². The van der Waals surface area contributed by atoms with Crippen LogP contribution < -0.4 is 10.5 Å². The van der Waals surface area contributed by atoms with Crippen molar-refractivity contribution in [3.63, 3.8) is 0 Å². The predicted molar refractivity (Wildman–Crippen MR) is 126 cm³/mol. The van der Waals surface area contributed by atoms with Crippen LogP contribution in [0.4, 0.5) is 0 Å². The molecule has 1 aromatic carbocycles. The molecule has 1 amide bonds. The molecule has 1 aliphatic rings. The van der Waals surface area contributed by atoms with E-state index < -0.39 is 5.91 Å². The van der Waals surface area contributed by atoms with Gasteiger partial charge in [0.2, 0.25) is 0 Å². The van der Waals surface area contributed by atoms with E-state index >= 15 is 0 Å². The Balaban J connectivity index is 1.48. The number of hydrogen-bond donors (Lipinski definition) is 1. The number of methoxy groups -OCH3 is 1. The van der Waals surface area contributed by atoms with Gasteiger partial charge in [0, 0.05) is 36.5 Å². The molecule has 0 spiro atoms. The molecule has 2 aromatic heterocycles. The number of carbonyl (C=O) groups is 1. The number of aromatic nitrogens is 4. The van der Waals surface area contributed by atoms with Gasteiger partial charge < -0.3 is 10.5 Å². The average molecular weight is 449 g/mol. The van der Waals surface area contributed by atoms with Gasteiger partial charge in [-0.2, -0.15) is 5.10 Å². The van der Waals surface area contributed by atoms with E-state index in [0.29, 0.717) is 17.8 Å². The Morgan fingerprint density at radius 2 is 2.03 bits per heavy atom. The van der Waals surface area contributed by atoms with Crippen molar-refractivity contribution in [2.24, 2.45) is 5.73 Å². The van der Waals surface area contributed by atoms with Crippen molar-refractivity contribution in [1.29, 1.82) is 0 Å². The van der Waals surface area contributed by atoms with Crippen LogP contribution in [-0.2, 0) is 13.1 Å². The normalized spacial score (nSPS) is 16.7. The predicted octanol–water partition coefficient (Wildman–Crippen LogP) is 3.13. The molecule has 1 saturated heterocycles. The number of aryl methyl sites for hydroxylation is 3. The van der Waals surface area contributed by atoms with E-state index in [1.807, 2.05) is 24.6 Å². The van der Waals surface area contributed by atoms with Crippen LogP contribution in [-0.4, -0.2) is 50.8 Å². The van der Waals surface area contributed by atoms with E-state index in [1.165, 1.54) is 5.56 Å². The van der Waals surface area contributed by atoms with Crippen molar-refractivity contribution >= 4 is 5.91 Å². The lowest BCUT2D eigenvalue weighted by Crippen LogP contribution is -2.34. The highest BCUT2D eigenvalue weighted by Crippen LogP contribution is 2.27. The smallest absolute Gasteiger partial charge is 0.252 e. The summed E-state index contributed by atoms with van der Waals surface area (Å²) in [7, 11) is 1.71. The topological polar surface area (TPSA) is 99.2 Å². The van der Waals surface area contributed by atoms with Crippen molar-refractivity contribution in [2.45, 2.75) is 52.6 Å². The van der Waals surface area contributed by atoms with E-state index in [-0.39, 0.29) is 5.92 Å². The molecular formula is C25H32N6O2. The molecule has 33 heavy (non-hydrogen) atoms. The maximum absolute atomic E-state index is 11.5. The van der Waals surface area contributed by atoms with Crippen LogP contribution in [0, 0.1) is 20.8 Å². The van der Waals surface area contributed by atoms with Gasteiger partial charge in [0.25, 0.3) is 5.91 Å². The van der Waals surface area contributed by atoms with E-state index in [4.69, 9.17) is 10.5 Å². The van der Waals surface area contributed by atoms with E-state index in [9.17, 15) is 4.79 Å². The number of nitrogens with two attached hydrogens (primary N) is 1. The lowest BCUT2D eigenvalue weighted by atomic mass is 9.96. The fraction of sp³-hybridized carbons (Fsp3) is 0.440. The van der Waals surface area contributed by atoms with Gasteiger partial charge in [-0.25, -0.2) is 9.97 Å². The second-order valence-corrected chi connectivity index (χ2v) is 8.90. The Morgan fingerprint density at radius 3 is 2.70 bits per heavy atom. The molecule has 0 saturated carbocycles. The zero-order chi connectivity index (χ0) is 23.5. The fourth-order valence-corrected chi connectivity index (χ4v) is 4.64. The first-order chi connectivity index (χ1) is 15.8. The van der Waals surface area contributed by atoms with Crippen LogP contribution in [0.5, 0.6) is 5.75 Å². The Hall–Kier alpha value is -3.26. The molecular weight excluding hydrogens is 416 g/mol. The van der Waals surface area contributed by atoms with Gasteiger partial charge >= 0.3 is 0 Å². The number of nitrogens with zero attached hydrogens (tertiary/aromatic N) is 5. The maximum atomic E-state index is 11.5. The summed E-state index contributed by atoms with van der Waals surface area (Å²) in [6.45, 7) is 9.34. The lowest BCUT2D eigenvalue weighted by Gasteiger charge is -2.32. The molecule has 8 nitrogen and oxygen atoms in total. The van der Waals surface area contributed by atoms with E-state index in [1.54, 1.807) is 13.3 Å². The summed E-state index contributed by atoms with van der Waals surface area (Å²) in [6.07, 6.45) is 3.69. The first-order valence-electron chi connectivity index (χ1n) is 11.4. The highest BCUT2D eigenvalue weighted by atomic mass is 16.5. The molecule has 1 fully saturated rings. The van der Waals surface area contributed by atoms with E-state index in [0.717, 1.165) is 61.0 Å². The van der Waals surface area contributed by atoms with Gasteiger partial charge in [0.05, 0.1) is 30.6 Å². The molecule has 174 valence electrons. The highest BCUT2D eigenvalue weighted by Gasteiger charge is 2.24. The minimum atomic E-state index is -0.486. The summed E-state index contributed by atoms with van der Waals surface area (Å²) in [4.78, 5) is 23.0. The molecule has 0 unspecified atom stereocenters. The number of hydrogen-bond acceptors (Lipinski definition) is 6. The van der Waals surface area contributed by atoms with Crippen molar-refractivity contribution < 1.29 is 9.53 Å². The van der Waals surface area contributed by atoms with Crippen LogP contribution >= 0.6 is 0 Å². The summed E-state index contributed by atoms with van der Waals surface area (Å²) in [6, 6.07) is 8.49. The number of benzene rings is 1. The standard InChI is InChI=1S/C25H32N6O2/c1-16-10-17(2)31(29-16)15-21-11-19(7-8-23(21)33-4)13-30-9-5-6-20(14-30)25-27-12-22(24(26)32)18(3)28-25/h7-8,10-12,20H,5-6,9,13-15H2,1-4H3,(H2,26,32)/t20-/m1/s1. The van der Waals surface area contributed by atoms with Crippen molar-refractivity contribution in [3.05, 3.63) is 70.1 Å². The van der Waals surface area contributed by atoms with Gasteiger partial charge in [-0.15, -0.1) is 0 Å². The largest absolute Gasteiger partial charge is 0.496 e. The zero-order valence-electron chi connectivity index (χ0n) is 19.8. The number of piperidine rings is 1. The molecule has 3 aromatic rings. The molecule has 1 atom stereocenters. The number of carbonyl (C=O) groups excluding carboxylic acids is 1. The third-order valence-corrected chi connectivity index (χ3v) is 6.31. The maximum Gasteiger partial charge on any atom is 0.252 e. The van der Waals surface area contributed by atoms with E-state index in [2.05, 4.69) is 45.1 Å². The minimum Gasteiger partial charge on any atom is -0.496 e. The summed E-state index contributed by atoms with van der Waals surface area (Å²) in [5, 5.41) is 4.60. The molecule has 0 aliphatic carbocycles. The van der Waals surface area contributed by atoms with Gasteiger partial charge in [-0.3, -0.25) is 14.4 Å². The molecule has 4 rings (SSSR count). The van der Waals surface area contributed by atoms with Gasteiger partial charge in [0.15, 0.2) is 0 Å². The van der Waals surface area contributed by atoms with Gasteiger partial charge in [0.1, 0.15) is 11.6 Å². The summed E-state index contributed by atoms with van der Waals surface area (Å²) >= 11 is 0. The summed E-state index contributed by atoms with van der Waals surface area (Å²) in [5.74, 6) is 1.43. The third kappa shape index (κ3) is 5.22. The zero-order valence-corrected chi connectivity index (χ0v) is 19.8. The van der Waals surface area contributed by atoms with Crippen LogP contribution in [0.2, 0.25) is 0 Å². The number of amides is 1. The monoisotopic (exact) mass is 448 g/mol. The first kappa shape index (κ1) is 22.9. The number of primary amides is 1. The summed E-state index contributed by atoms with van der Waals surface area (Å²) in [5.41, 5.74) is 11.0. The molecule has 8 heteroatoms. The fourth-order valence-electron chi connectivity index (χ4n) is 4.64. The molecule has 1 aliphatic heterocycles. The lowest BCUT2D eigenvalue weighted by molar-refractivity contribution is 0.0998. The third-order valence-electron chi connectivity index (χ3n) is 6.31. The quantitative estimate of drug-likeness (QED) is 0.596. The summed E-state index contributed by atoms with van der Waals surface area (Å²) < 4.78 is 7.63. The van der Waals surface area contributed by atoms with Gasteiger partial charge in [-0.1, -0.05) is 6.07 Å². The second-order valence-electron chi connectivity index (χ2n) is 8.90. The Kier molecular flexibility index (Phi) is 6.74. The highest BCUT2D eigenvalue weighted by molar-refractivity contribution is 5.93.